The van der Waals surface area contributed by atoms with Crippen LogP contribution in [0, 0.1) is 0 Å². The number of carboxylic acids is 5. The minimum absolute atomic E-state index is 0.278. The standard InChI is InChI=1S/C6H8O7.C2H5NO2.C2H4O2/c7-3(8)1-6(13,5(11)12)2-4(9)10;3-1-2(4)5;1-2(3)4/h13H,1-2H2,(H,7,8)(H,9,10)(H,11,12);1,3H2,(H,4,5);1H3,(H,3,4). The van der Waals surface area contributed by atoms with Gasteiger partial charge in [-0.05, 0) is 0 Å². The Labute approximate surface area is 123 Å². The molecule has 0 radical (unpaired) electrons. The summed E-state index contributed by atoms with van der Waals surface area (Å²) in [6.45, 7) is 0.806. The number of hydrogen-bond acceptors (Lipinski definition) is 7. The van der Waals surface area contributed by atoms with Gasteiger partial charge in [-0.3, -0.25) is 19.2 Å². The van der Waals surface area contributed by atoms with Gasteiger partial charge in [-0.2, -0.15) is 0 Å². The van der Waals surface area contributed by atoms with Crippen LogP contribution in [0.1, 0.15) is 19.8 Å². The maximum Gasteiger partial charge on any atom is 0.336 e. The summed E-state index contributed by atoms with van der Waals surface area (Å²) in [5.74, 6) is -6.82. The van der Waals surface area contributed by atoms with Gasteiger partial charge in [-0.25, -0.2) is 4.79 Å². The number of hydrogen-bond donors (Lipinski definition) is 7. The summed E-state index contributed by atoms with van der Waals surface area (Å²) in [6.07, 6.45) is -2.29. The maximum atomic E-state index is 10.3. The normalized spacial score (nSPS) is 9.23. The molecule has 0 atom stereocenters. The largest absolute Gasteiger partial charge is 0.481 e. The Morgan fingerprint density at radius 3 is 1.14 bits per heavy atom. The highest BCUT2D eigenvalue weighted by Crippen LogP contribution is 2.15. The molecule has 0 heterocycles. The summed E-state index contributed by atoms with van der Waals surface area (Å²) < 4.78 is 0. The van der Waals surface area contributed by atoms with Crippen LogP contribution < -0.4 is 5.73 Å². The van der Waals surface area contributed by atoms with Crippen LogP contribution in [0.3, 0.4) is 0 Å². The van der Waals surface area contributed by atoms with E-state index >= 15 is 0 Å². The third-order valence-electron chi connectivity index (χ3n) is 1.46. The molecule has 0 amide bonds. The van der Waals surface area contributed by atoms with Crippen molar-refractivity contribution in [3.8, 4) is 0 Å². The molecule has 0 aromatic carbocycles. The molecule has 0 saturated carbocycles. The van der Waals surface area contributed by atoms with Gasteiger partial charge in [-0.15, -0.1) is 0 Å². The van der Waals surface area contributed by atoms with Gasteiger partial charge in [0.15, 0.2) is 5.60 Å². The van der Waals surface area contributed by atoms with Gasteiger partial charge >= 0.3 is 23.9 Å². The molecule has 22 heavy (non-hydrogen) atoms. The Hall–Kier alpha value is -2.73. The fraction of sp³-hybridized carbons (Fsp3) is 0.500. The zero-order chi connectivity index (χ0) is 18.5. The van der Waals surface area contributed by atoms with E-state index in [-0.39, 0.29) is 6.54 Å². The average molecular weight is 327 g/mol. The highest BCUT2D eigenvalue weighted by molar-refractivity contribution is 5.88. The molecule has 0 aromatic rings. The van der Waals surface area contributed by atoms with Crippen LogP contribution in [0.4, 0.5) is 0 Å². The fourth-order valence-electron chi connectivity index (χ4n) is 0.714. The molecule has 0 unspecified atom stereocenters. The molecule has 0 aliphatic rings. The Morgan fingerprint density at radius 1 is 0.818 bits per heavy atom. The SMILES string of the molecule is CC(=O)O.NCC(=O)O.O=C(O)CC(O)(CC(=O)O)C(=O)O. The van der Waals surface area contributed by atoms with Crippen LogP contribution in [0.15, 0.2) is 0 Å². The molecule has 0 saturated heterocycles. The summed E-state index contributed by atoms with van der Waals surface area (Å²) >= 11 is 0. The first-order chi connectivity index (χ1) is 9.78. The van der Waals surface area contributed by atoms with Crippen LogP contribution in [-0.4, -0.2) is 72.6 Å². The van der Waals surface area contributed by atoms with Crippen molar-refractivity contribution in [3.63, 3.8) is 0 Å². The molecule has 128 valence electrons. The van der Waals surface area contributed by atoms with E-state index in [9.17, 15) is 19.2 Å². The first-order valence-electron chi connectivity index (χ1n) is 5.29. The number of carboxylic acid groups (broad SMARTS) is 5. The maximum absolute atomic E-state index is 10.3. The smallest absolute Gasteiger partial charge is 0.336 e. The molecule has 0 fully saturated rings. The van der Waals surface area contributed by atoms with E-state index in [1.807, 2.05) is 0 Å². The Balaban J connectivity index is -0.000000330. The van der Waals surface area contributed by atoms with Crippen molar-refractivity contribution in [2.45, 2.75) is 25.4 Å². The predicted octanol–water partition coefficient (Wildman–Crippen LogP) is -2.13. The second-order valence-corrected chi connectivity index (χ2v) is 3.59. The van der Waals surface area contributed by atoms with Gasteiger partial charge < -0.3 is 36.4 Å². The average Bonchev–Trinajstić information content (AvgIpc) is 2.26. The monoisotopic (exact) mass is 327 g/mol. The van der Waals surface area contributed by atoms with Crippen molar-refractivity contribution in [1.29, 1.82) is 0 Å². The van der Waals surface area contributed by atoms with Gasteiger partial charge in [0.2, 0.25) is 0 Å². The first kappa shape index (κ1) is 24.3. The summed E-state index contributed by atoms with van der Waals surface area (Å²) in [7, 11) is 0. The lowest BCUT2D eigenvalue weighted by Crippen LogP contribution is -2.42. The number of carbonyl (C=O) groups is 5. The number of aliphatic hydroxyl groups is 1. The molecule has 0 aromatic heterocycles. The van der Waals surface area contributed by atoms with Gasteiger partial charge in [-0.1, -0.05) is 0 Å². The Bertz CT molecular complexity index is 397. The van der Waals surface area contributed by atoms with Crippen LogP contribution in [0.25, 0.3) is 0 Å². The second kappa shape index (κ2) is 12.0. The van der Waals surface area contributed by atoms with Crippen molar-refractivity contribution in [2.24, 2.45) is 5.73 Å². The number of nitrogens with two attached hydrogens (primary N) is 1. The lowest BCUT2D eigenvalue weighted by atomic mass is 9.96. The molecule has 0 rings (SSSR count). The van der Waals surface area contributed by atoms with E-state index in [2.05, 4.69) is 5.73 Å². The highest BCUT2D eigenvalue weighted by Gasteiger charge is 2.40. The third-order valence-corrected chi connectivity index (χ3v) is 1.46. The van der Waals surface area contributed by atoms with Crippen molar-refractivity contribution >= 4 is 29.8 Å². The summed E-state index contributed by atoms with van der Waals surface area (Å²) in [4.78, 5) is 48.7. The summed E-state index contributed by atoms with van der Waals surface area (Å²) in [5.41, 5.74) is 1.83. The van der Waals surface area contributed by atoms with Crippen molar-refractivity contribution in [1.82, 2.24) is 0 Å². The van der Waals surface area contributed by atoms with Gasteiger partial charge in [0, 0.05) is 6.92 Å². The fourth-order valence-corrected chi connectivity index (χ4v) is 0.714. The summed E-state index contributed by atoms with van der Waals surface area (Å²) in [5, 5.41) is 48.8. The molecule has 8 N–H and O–H groups in total. The summed E-state index contributed by atoms with van der Waals surface area (Å²) in [6, 6.07) is 0. The van der Waals surface area contributed by atoms with Gasteiger partial charge in [0.05, 0.1) is 19.4 Å². The van der Waals surface area contributed by atoms with Crippen molar-refractivity contribution in [3.05, 3.63) is 0 Å². The van der Waals surface area contributed by atoms with E-state index in [1.165, 1.54) is 0 Å². The Morgan fingerprint density at radius 2 is 1.05 bits per heavy atom. The lowest BCUT2D eigenvalue weighted by Gasteiger charge is -2.18. The third kappa shape index (κ3) is 19.6. The predicted molar refractivity (Wildman–Crippen MR) is 67.1 cm³/mol. The van der Waals surface area contributed by atoms with Gasteiger partial charge in [0.25, 0.3) is 5.97 Å². The molecule has 0 spiro atoms. The minimum atomic E-state index is -2.74. The van der Waals surface area contributed by atoms with E-state index in [1.54, 1.807) is 0 Å². The van der Waals surface area contributed by atoms with E-state index in [4.69, 9.17) is 35.4 Å². The number of rotatable bonds is 6. The molecular weight excluding hydrogens is 310 g/mol. The van der Waals surface area contributed by atoms with Crippen molar-refractivity contribution in [2.75, 3.05) is 6.54 Å². The second-order valence-electron chi connectivity index (χ2n) is 3.59. The van der Waals surface area contributed by atoms with Crippen LogP contribution in [0.5, 0.6) is 0 Å². The van der Waals surface area contributed by atoms with Crippen LogP contribution >= 0.6 is 0 Å². The quantitative estimate of drug-likeness (QED) is 0.277. The van der Waals surface area contributed by atoms with E-state index in [0.717, 1.165) is 6.92 Å². The molecule has 0 aliphatic carbocycles. The topological polar surface area (TPSA) is 233 Å². The van der Waals surface area contributed by atoms with Crippen molar-refractivity contribution < 1.29 is 54.6 Å². The molecule has 12 nitrogen and oxygen atoms in total. The molecule has 12 heteroatoms. The van der Waals surface area contributed by atoms with E-state index < -0.39 is 48.3 Å². The van der Waals surface area contributed by atoms with Crippen LogP contribution in [0.2, 0.25) is 0 Å². The minimum Gasteiger partial charge on any atom is -0.481 e. The lowest BCUT2D eigenvalue weighted by molar-refractivity contribution is -0.170. The first-order valence-corrected chi connectivity index (χ1v) is 5.29. The number of aliphatic carboxylic acids is 5. The highest BCUT2D eigenvalue weighted by atomic mass is 16.4. The Kier molecular flexibility index (Phi) is 13.3. The van der Waals surface area contributed by atoms with Crippen LogP contribution in [-0.2, 0) is 24.0 Å². The zero-order valence-electron chi connectivity index (χ0n) is 11.4. The zero-order valence-corrected chi connectivity index (χ0v) is 11.4. The molecule has 0 aliphatic heterocycles. The molecular formula is C10H17NO11. The molecule has 0 bridgehead atoms. The van der Waals surface area contributed by atoms with Gasteiger partial charge in [0.1, 0.15) is 0 Å². The van der Waals surface area contributed by atoms with E-state index in [0.29, 0.717) is 0 Å².